The molecule has 4 fully saturated rings. The first-order chi connectivity index (χ1) is 15.3. The van der Waals surface area contributed by atoms with Crippen molar-refractivity contribution in [2.45, 2.75) is 103 Å². The maximum atomic E-state index is 11.3. The summed E-state index contributed by atoms with van der Waals surface area (Å²) >= 11 is 0. The molecule has 0 heterocycles. The number of aliphatic hydroxyl groups excluding tert-OH is 3. The monoisotopic (exact) mass is 440 g/mol. The highest BCUT2D eigenvalue weighted by molar-refractivity contribution is 5.15. The second-order valence-electron chi connectivity index (χ2n) is 12.4. The zero-order valence-corrected chi connectivity index (χ0v) is 20.1. The lowest BCUT2D eigenvalue weighted by atomic mass is 9.44. The molecule has 3 heteroatoms. The first-order valence-electron chi connectivity index (χ1n) is 13.4. The van der Waals surface area contributed by atoms with E-state index >= 15 is 0 Å². The van der Waals surface area contributed by atoms with Crippen molar-refractivity contribution >= 4 is 0 Å². The van der Waals surface area contributed by atoms with Gasteiger partial charge in [0, 0.05) is 0 Å². The second-order valence-corrected chi connectivity index (χ2v) is 12.4. The van der Waals surface area contributed by atoms with E-state index in [4.69, 9.17) is 0 Å². The molecule has 1 aromatic rings. The van der Waals surface area contributed by atoms with Crippen molar-refractivity contribution in [2.24, 2.45) is 40.4 Å². The minimum Gasteiger partial charge on any atom is -0.393 e. The van der Waals surface area contributed by atoms with Crippen LogP contribution in [-0.4, -0.2) is 33.6 Å². The van der Waals surface area contributed by atoms with Gasteiger partial charge in [-0.05, 0) is 117 Å². The van der Waals surface area contributed by atoms with Gasteiger partial charge in [0.2, 0.25) is 0 Å². The highest BCUT2D eigenvalue weighted by atomic mass is 16.3. The molecule has 4 saturated carbocycles. The normalized spacial score (nSPS) is 46.7. The lowest BCUT2D eigenvalue weighted by Gasteiger charge is -2.62. The minimum absolute atomic E-state index is 0.176. The average molecular weight is 441 g/mol. The molecule has 1 aromatic carbocycles. The molecule has 3 nitrogen and oxygen atoms in total. The van der Waals surface area contributed by atoms with Gasteiger partial charge in [0.05, 0.1) is 18.3 Å². The fraction of sp³-hybridized carbons (Fsp3) is 0.793. The molecule has 4 aliphatic carbocycles. The molecular formula is C29H44O3. The van der Waals surface area contributed by atoms with Gasteiger partial charge in [-0.3, -0.25) is 0 Å². The first kappa shape index (κ1) is 22.9. The number of hydrogen-bond donors (Lipinski definition) is 3. The largest absolute Gasteiger partial charge is 0.393 e. The Morgan fingerprint density at radius 1 is 0.875 bits per heavy atom. The summed E-state index contributed by atoms with van der Waals surface area (Å²) < 4.78 is 0. The zero-order valence-electron chi connectivity index (χ0n) is 20.1. The van der Waals surface area contributed by atoms with Crippen molar-refractivity contribution in [3.8, 4) is 0 Å². The lowest BCUT2D eigenvalue weighted by molar-refractivity contribution is -0.174. The minimum atomic E-state index is -0.270. The van der Waals surface area contributed by atoms with Crippen LogP contribution in [-0.2, 0) is 6.42 Å². The molecular weight excluding hydrogens is 396 g/mol. The molecule has 10 atom stereocenters. The van der Waals surface area contributed by atoms with E-state index in [1.54, 1.807) is 0 Å². The van der Waals surface area contributed by atoms with E-state index in [1.165, 1.54) is 24.8 Å². The number of rotatable bonds is 5. The van der Waals surface area contributed by atoms with Gasteiger partial charge in [-0.1, -0.05) is 44.2 Å². The van der Waals surface area contributed by atoms with Gasteiger partial charge >= 0.3 is 0 Å². The summed E-state index contributed by atoms with van der Waals surface area (Å²) in [7, 11) is 0. The molecule has 0 spiro atoms. The van der Waals surface area contributed by atoms with Gasteiger partial charge in [0.25, 0.3) is 0 Å². The Labute approximate surface area is 194 Å². The number of aliphatic hydroxyl groups is 3. The van der Waals surface area contributed by atoms with Crippen LogP contribution in [0.25, 0.3) is 0 Å². The predicted octanol–water partition coefficient (Wildman–Crippen LogP) is 5.36. The highest BCUT2D eigenvalue weighted by Crippen LogP contribution is 2.67. The molecule has 0 aromatic heterocycles. The summed E-state index contributed by atoms with van der Waals surface area (Å²) in [5.74, 6) is 2.56. The van der Waals surface area contributed by atoms with Crippen molar-refractivity contribution in [2.75, 3.05) is 0 Å². The van der Waals surface area contributed by atoms with Gasteiger partial charge in [-0.15, -0.1) is 0 Å². The van der Waals surface area contributed by atoms with Crippen LogP contribution >= 0.6 is 0 Å². The summed E-state index contributed by atoms with van der Waals surface area (Å²) in [5.41, 5.74) is 1.76. The molecule has 32 heavy (non-hydrogen) atoms. The van der Waals surface area contributed by atoms with E-state index in [0.717, 1.165) is 51.4 Å². The van der Waals surface area contributed by atoms with Gasteiger partial charge in [-0.25, -0.2) is 0 Å². The van der Waals surface area contributed by atoms with Crippen LogP contribution < -0.4 is 0 Å². The van der Waals surface area contributed by atoms with Crippen molar-refractivity contribution in [3.63, 3.8) is 0 Å². The van der Waals surface area contributed by atoms with Crippen LogP contribution in [0.5, 0.6) is 0 Å². The van der Waals surface area contributed by atoms with Crippen LogP contribution in [0.4, 0.5) is 0 Å². The molecule has 178 valence electrons. The summed E-state index contributed by atoms with van der Waals surface area (Å²) in [6, 6.07) is 10.6. The topological polar surface area (TPSA) is 60.7 Å². The molecule has 3 N–H and O–H groups in total. The first-order valence-corrected chi connectivity index (χ1v) is 13.4. The maximum Gasteiger partial charge on any atom is 0.0577 e. The smallest absolute Gasteiger partial charge is 0.0577 e. The Bertz CT molecular complexity index is 780. The quantitative estimate of drug-likeness (QED) is 0.577. The average Bonchev–Trinajstić information content (AvgIpc) is 3.13. The Morgan fingerprint density at radius 2 is 1.59 bits per heavy atom. The third-order valence-corrected chi connectivity index (χ3v) is 11.0. The number of aryl methyl sites for hydroxylation is 1. The van der Waals surface area contributed by atoms with Gasteiger partial charge in [0.15, 0.2) is 0 Å². The second kappa shape index (κ2) is 8.71. The Balaban J connectivity index is 1.27. The van der Waals surface area contributed by atoms with Crippen molar-refractivity contribution < 1.29 is 15.3 Å². The highest BCUT2D eigenvalue weighted by Gasteiger charge is 2.62. The van der Waals surface area contributed by atoms with E-state index in [-0.39, 0.29) is 35.1 Å². The van der Waals surface area contributed by atoms with Crippen LogP contribution in [0.3, 0.4) is 0 Å². The summed E-state index contributed by atoms with van der Waals surface area (Å²) in [6.07, 6.45) is 10.8. The molecule has 0 amide bonds. The van der Waals surface area contributed by atoms with Crippen LogP contribution in [0, 0.1) is 40.4 Å². The summed E-state index contributed by atoms with van der Waals surface area (Å²) in [4.78, 5) is 0. The zero-order chi connectivity index (χ0) is 22.5. The molecule has 5 rings (SSSR count). The molecule has 0 bridgehead atoms. The molecule has 0 saturated heterocycles. The van der Waals surface area contributed by atoms with E-state index < -0.39 is 0 Å². The van der Waals surface area contributed by atoms with Crippen molar-refractivity contribution in [3.05, 3.63) is 35.9 Å². The van der Waals surface area contributed by atoms with Crippen molar-refractivity contribution in [1.29, 1.82) is 0 Å². The SMILES string of the molecule is C[C@]12CC[C@H](O)C[C@@H]1[C@@H](O)C[C@@H]1[C@@H]2CC[C@]2(C)[C@@H]([C@@H](O)CCCc3ccccc3)CC[C@@H]12. The lowest BCUT2D eigenvalue weighted by Crippen LogP contribution is -2.58. The van der Waals surface area contributed by atoms with Crippen molar-refractivity contribution in [1.82, 2.24) is 0 Å². The molecule has 4 aliphatic rings. The number of fused-ring (bicyclic) bond motifs is 5. The van der Waals surface area contributed by atoms with Crippen LogP contribution in [0.2, 0.25) is 0 Å². The summed E-state index contributed by atoms with van der Waals surface area (Å²) in [6.45, 7) is 4.90. The molecule has 0 unspecified atom stereocenters. The third kappa shape index (κ3) is 3.77. The molecule has 0 radical (unpaired) electrons. The fourth-order valence-electron chi connectivity index (χ4n) is 9.31. The number of benzene rings is 1. The standard InChI is InChI=1S/C29H44O3/c1-28-16-14-23-21(18-27(32)25-17-20(30)13-15-29(23,25)2)22(28)11-12-24(28)26(31)10-6-9-19-7-4-3-5-8-19/h3-5,7-8,20-27,30-32H,6,9-18H2,1-2H3/t20-,21-,22-,23-,24+,25+,26-,27-,28-,29+/m0/s1. The van der Waals surface area contributed by atoms with E-state index in [9.17, 15) is 15.3 Å². The summed E-state index contributed by atoms with van der Waals surface area (Å²) in [5, 5.41) is 32.7. The molecule has 0 aliphatic heterocycles. The van der Waals surface area contributed by atoms with Gasteiger partial charge in [-0.2, -0.15) is 0 Å². The predicted molar refractivity (Wildman–Crippen MR) is 128 cm³/mol. The number of hydrogen-bond acceptors (Lipinski definition) is 3. The Hall–Kier alpha value is -0.900. The Morgan fingerprint density at radius 3 is 2.38 bits per heavy atom. The maximum absolute atomic E-state index is 11.3. The third-order valence-electron chi connectivity index (χ3n) is 11.0. The van der Waals surface area contributed by atoms with Crippen LogP contribution in [0.1, 0.15) is 83.6 Å². The van der Waals surface area contributed by atoms with Crippen LogP contribution in [0.15, 0.2) is 30.3 Å². The van der Waals surface area contributed by atoms with E-state index in [2.05, 4.69) is 44.2 Å². The van der Waals surface area contributed by atoms with E-state index in [1.807, 2.05) is 0 Å². The van der Waals surface area contributed by atoms with Gasteiger partial charge < -0.3 is 15.3 Å². The van der Waals surface area contributed by atoms with E-state index in [0.29, 0.717) is 23.7 Å². The van der Waals surface area contributed by atoms with Gasteiger partial charge in [0.1, 0.15) is 0 Å². The Kier molecular flexibility index (Phi) is 6.22. The fourth-order valence-corrected chi connectivity index (χ4v) is 9.31.